The zero-order valence-electron chi connectivity index (χ0n) is 17.2. The molecule has 27 heavy (non-hydrogen) atoms. The minimum absolute atomic E-state index is 0.0269. The molecule has 3 aliphatic rings. The molecular weight excluding hydrogens is 340 g/mol. The number of ether oxygens (including phenoxy) is 1. The molecule has 3 rings (SSSR count). The first-order valence-electron chi connectivity index (χ1n) is 10.2. The third kappa shape index (κ3) is 3.46. The number of allylic oxidation sites excluding steroid dienone is 4. The molecule has 0 unspecified atom stereocenters. The Morgan fingerprint density at radius 1 is 1.26 bits per heavy atom. The van der Waals surface area contributed by atoms with Crippen LogP contribution in [0.25, 0.3) is 0 Å². The van der Waals surface area contributed by atoms with E-state index in [0.717, 1.165) is 38.5 Å². The second-order valence-electron chi connectivity index (χ2n) is 8.75. The van der Waals surface area contributed by atoms with E-state index in [0.29, 0.717) is 12.8 Å². The van der Waals surface area contributed by atoms with Crippen molar-refractivity contribution in [1.82, 2.24) is 5.01 Å². The monoisotopic (exact) mass is 374 g/mol. The minimum atomic E-state index is -0.786. The Balaban J connectivity index is 2.03. The van der Waals surface area contributed by atoms with Crippen LogP contribution < -0.4 is 0 Å². The third-order valence-electron chi connectivity index (χ3n) is 6.96. The summed E-state index contributed by atoms with van der Waals surface area (Å²) in [6.07, 6.45) is 12.7. The molecule has 1 N–H and O–H groups in total. The van der Waals surface area contributed by atoms with Gasteiger partial charge in [0.1, 0.15) is 0 Å². The lowest BCUT2D eigenvalue weighted by Gasteiger charge is -2.56. The van der Waals surface area contributed by atoms with Crippen molar-refractivity contribution in [1.29, 1.82) is 0 Å². The quantitative estimate of drug-likeness (QED) is 0.557. The fourth-order valence-electron chi connectivity index (χ4n) is 5.14. The number of methoxy groups -OCH3 is 1. The molecule has 0 saturated carbocycles. The lowest BCUT2D eigenvalue weighted by Crippen LogP contribution is -2.70. The van der Waals surface area contributed by atoms with E-state index in [-0.39, 0.29) is 11.9 Å². The van der Waals surface area contributed by atoms with Gasteiger partial charge in [0.2, 0.25) is 0 Å². The number of aliphatic hydroxyl groups excluding tert-OH is 1. The van der Waals surface area contributed by atoms with Crippen molar-refractivity contribution in [3.8, 4) is 0 Å². The van der Waals surface area contributed by atoms with Crippen molar-refractivity contribution in [3.63, 3.8) is 0 Å². The molecule has 0 radical (unpaired) electrons. The average Bonchev–Trinajstić information content (AvgIpc) is 3.09. The van der Waals surface area contributed by atoms with Gasteiger partial charge in [-0.2, -0.15) is 5.10 Å². The Hall–Kier alpha value is -1.62. The number of carbonyl (C=O) groups excluding carboxylic acids is 1. The summed E-state index contributed by atoms with van der Waals surface area (Å²) in [5.74, 6) is -0.192. The van der Waals surface area contributed by atoms with Crippen LogP contribution in [0.3, 0.4) is 0 Å². The number of hydrogen-bond acceptors (Lipinski definition) is 5. The van der Waals surface area contributed by atoms with Gasteiger partial charge in [-0.15, -0.1) is 0 Å². The van der Waals surface area contributed by atoms with Crippen LogP contribution in [0.5, 0.6) is 0 Å². The lowest BCUT2D eigenvalue weighted by atomic mass is 9.66. The molecule has 5 heteroatoms. The SMILES string of the molecule is COC(=O)[C@]12CC=NN1[C@@]1(C)CC/C=C(\C)CC/C=C(\C)CC[C@H]2C[C@H]1O. The number of rotatable bonds is 1. The molecule has 0 aromatic carbocycles. The molecular formula is C22H34N2O3. The summed E-state index contributed by atoms with van der Waals surface area (Å²) in [6, 6.07) is 0. The standard InChI is InChI=1S/C22H34N2O3/c1-16-7-5-8-17(2)10-11-18-15-19(25)21(3,12-6-9-16)24-22(18,13-14-23-24)20(26)27-4/h8-9,14,18-19,25H,5-7,10-13,15H2,1-4H3/b16-9+,17-8+/t18-,19+,21-,22+/m0/s1. The smallest absolute Gasteiger partial charge is 0.334 e. The second-order valence-corrected chi connectivity index (χ2v) is 8.75. The summed E-state index contributed by atoms with van der Waals surface area (Å²) in [7, 11) is 1.46. The molecule has 150 valence electrons. The molecule has 0 spiro atoms. The zero-order chi connectivity index (χ0) is 19.7. The van der Waals surface area contributed by atoms with E-state index < -0.39 is 17.2 Å². The summed E-state index contributed by atoms with van der Waals surface area (Å²) in [5, 5.41) is 17.7. The highest BCUT2D eigenvalue weighted by molar-refractivity contribution is 5.87. The molecule has 5 nitrogen and oxygen atoms in total. The maximum atomic E-state index is 13.0. The van der Waals surface area contributed by atoms with Crippen LogP contribution >= 0.6 is 0 Å². The van der Waals surface area contributed by atoms with E-state index in [2.05, 4.69) is 38.0 Å². The first kappa shape index (κ1) is 20.1. The largest absolute Gasteiger partial charge is 0.467 e. The fourth-order valence-corrected chi connectivity index (χ4v) is 5.14. The van der Waals surface area contributed by atoms with E-state index in [9.17, 15) is 9.90 Å². The molecule has 0 amide bonds. The van der Waals surface area contributed by atoms with Crippen molar-refractivity contribution >= 4 is 12.2 Å². The Labute approximate surface area is 163 Å². The van der Waals surface area contributed by atoms with Crippen molar-refractivity contribution in [2.45, 2.75) is 89.3 Å². The topological polar surface area (TPSA) is 62.1 Å². The van der Waals surface area contributed by atoms with Gasteiger partial charge in [-0.25, -0.2) is 4.79 Å². The van der Waals surface area contributed by atoms with Gasteiger partial charge in [0, 0.05) is 12.6 Å². The molecule has 4 atom stereocenters. The van der Waals surface area contributed by atoms with Gasteiger partial charge >= 0.3 is 5.97 Å². The number of hydrogen-bond donors (Lipinski definition) is 1. The summed E-state index contributed by atoms with van der Waals surface area (Å²) in [5.41, 5.74) is 1.38. The van der Waals surface area contributed by atoms with Crippen LogP contribution in [-0.4, -0.2) is 46.6 Å². The maximum absolute atomic E-state index is 13.0. The van der Waals surface area contributed by atoms with E-state index in [1.54, 1.807) is 0 Å². The first-order valence-corrected chi connectivity index (χ1v) is 10.2. The highest BCUT2D eigenvalue weighted by Gasteiger charge is 2.63. The van der Waals surface area contributed by atoms with Gasteiger partial charge in [-0.3, -0.25) is 5.01 Å². The van der Waals surface area contributed by atoms with Gasteiger partial charge in [-0.05, 0) is 71.6 Å². The van der Waals surface area contributed by atoms with Crippen molar-refractivity contribution in [2.24, 2.45) is 11.0 Å². The van der Waals surface area contributed by atoms with E-state index in [4.69, 9.17) is 4.74 Å². The Morgan fingerprint density at radius 2 is 1.96 bits per heavy atom. The highest BCUT2D eigenvalue weighted by Crippen LogP contribution is 2.50. The molecule has 1 fully saturated rings. The normalized spacial score (nSPS) is 41.1. The summed E-state index contributed by atoms with van der Waals surface area (Å²) in [4.78, 5) is 13.0. The van der Waals surface area contributed by atoms with Crippen LogP contribution in [0.1, 0.15) is 72.1 Å². The Kier molecular flexibility index (Phi) is 5.80. The molecule has 1 saturated heterocycles. The van der Waals surface area contributed by atoms with Crippen LogP contribution in [0.2, 0.25) is 0 Å². The minimum Gasteiger partial charge on any atom is -0.467 e. The average molecular weight is 375 g/mol. The number of esters is 1. The Morgan fingerprint density at radius 3 is 2.70 bits per heavy atom. The lowest BCUT2D eigenvalue weighted by molar-refractivity contribution is -0.187. The van der Waals surface area contributed by atoms with Crippen LogP contribution in [0, 0.1) is 5.92 Å². The highest BCUT2D eigenvalue weighted by atomic mass is 16.5. The Bertz CT molecular complexity index is 668. The summed E-state index contributed by atoms with van der Waals surface area (Å²) >= 11 is 0. The molecule has 0 aliphatic carbocycles. The van der Waals surface area contributed by atoms with Crippen LogP contribution in [-0.2, 0) is 9.53 Å². The number of hydrazone groups is 1. The predicted octanol–water partition coefficient (Wildman–Crippen LogP) is 3.98. The first-order chi connectivity index (χ1) is 12.8. The summed E-state index contributed by atoms with van der Waals surface area (Å²) < 4.78 is 5.27. The van der Waals surface area contributed by atoms with Gasteiger partial charge in [0.15, 0.2) is 5.54 Å². The molecule has 3 heterocycles. The summed E-state index contributed by atoms with van der Waals surface area (Å²) in [6.45, 7) is 6.40. The third-order valence-corrected chi connectivity index (χ3v) is 6.96. The maximum Gasteiger partial charge on any atom is 0.334 e. The van der Waals surface area contributed by atoms with E-state index >= 15 is 0 Å². The molecule has 0 aromatic heterocycles. The van der Waals surface area contributed by atoms with Gasteiger partial charge in [-0.1, -0.05) is 23.3 Å². The van der Waals surface area contributed by atoms with Crippen molar-refractivity contribution in [2.75, 3.05) is 7.11 Å². The van der Waals surface area contributed by atoms with Crippen molar-refractivity contribution < 1.29 is 14.6 Å². The number of piperidine rings is 1. The number of aliphatic hydroxyl groups is 1. The van der Waals surface area contributed by atoms with Gasteiger partial charge < -0.3 is 9.84 Å². The molecule has 0 aromatic rings. The zero-order valence-corrected chi connectivity index (χ0v) is 17.2. The number of nitrogens with zero attached hydrogens (tertiary/aromatic N) is 2. The second kappa shape index (κ2) is 7.78. The van der Waals surface area contributed by atoms with Gasteiger partial charge in [0.05, 0.1) is 18.8 Å². The van der Waals surface area contributed by atoms with Gasteiger partial charge in [0.25, 0.3) is 0 Å². The predicted molar refractivity (Wildman–Crippen MR) is 107 cm³/mol. The molecule has 2 bridgehead atoms. The number of carbonyl (C=O) groups is 1. The van der Waals surface area contributed by atoms with Crippen LogP contribution in [0.15, 0.2) is 28.4 Å². The van der Waals surface area contributed by atoms with Crippen LogP contribution in [0.4, 0.5) is 0 Å². The van der Waals surface area contributed by atoms with E-state index in [1.807, 2.05) is 11.2 Å². The fraction of sp³-hybridized carbons (Fsp3) is 0.727. The van der Waals surface area contributed by atoms with E-state index in [1.165, 1.54) is 18.3 Å². The molecule has 3 aliphatic heterocycles. The van der Waals surface area contributed by atoms with Crippen molar-refractivity contribution in [3.05, 3.63) is 23.3 Å².